The summed E-state index contributed by atoms with van der Waals surface area (Å²) in [6.07, 6.45) is 1.52. The number of hydrogen-bond acceptors (Lipinski definition) is 5. The first kappa shape index (κ1) is 23.0. The van der Waals surface area contributed by atoms with Crippen LogP contribution in [0.4, 0.5) is 0 Å². The van der Waals surface area contributed by atoms with Crippen LogP contribution >= 0.6 is 0 Å². The standard InChI is InChI=1S/C22H34O5/c1-8-22(6,20(25)27-15(2)3)14-17(13-21(4,5)19(24)26-7)16-9-11-18(23)12-10-16/h9-12,15,17,23H,8,13-14H2,1-7H3. The van der Waals surface area contributed by atoms with Crippen molar-refractivity contribution in [2.45, 2.75) is 72.8 Å². The summed E-state index contributed by atoms with van der Waals surface area (Å²) in [5.74, 6) is -0.388. The molecule has 0 saturated heterocycles. The van der Waals surface area contributed by atoms with Gasteiger partial charge in [-0.1, -0.05) is 19.1 Å². The number of aromatic hydroxyl groups is 1. The van der Waals surface area contributed by atoms with Gasteiger partial charge in [-0.05, 0) is 77.5 Å². The van der Waals surface area contributed by atoms with Crippen LogP contribution in [0.15, 0.2) is 24.3 Å². The van der Waals surface area contributed by atoms with E-state index in [1.54, 1.807) is 12.1 Å². The first-order valence-corrected chi connectivity index (χ1v) is 9.53. The van der Waals surface area contributed by atoms with E-state index in [4.69, 9.17) is 9.47 Å². The van der Waals surface area contributed by atoms with Crippen molar-refractivity contribution in [2.24, 2.45) is 10.8 Å². The van der Waals surface area contributed by atoms with Crippen molar-refractivity contribution in [1.82, 2.24) is 0 Å². The Balaban J connectivity index is 3.22. The van der Waals surface area contributed by atoms with E-state index in [-0.39, 0.29) is 29.7 Å². The van der Waals surface area contributed by atoms with Gasteiger partial charge in [-0.25, -0.2) is 0 Å². The number of benzene rings is 1. The maximum Gasteiger partial charge on any atom is 0.312 e. The van der Waals surface area contributed by atoms with Gasteiger partial charge >= 0.3 is 11.9 Å². The molecule has 1 aromatic carbocycles. The molecule has 1 N–H and O–H groups in total. The molecule has 0 saturated carbocycles. The number of carbonyl (C=O) groups is 2. The van der Waals surface area contributed by atoms with E-state index >= 15 is 0 Å². The molecule has 1 rings (SSSR count). The number of hydrogen-bond donors (Lipinski definition) is 1. The summed E-state index contributed by atoms with van der Waals surface area (Å²) in [4.78, 5) is 24.9. The fourth-order valence-corrected chi connectivity index (χ4v) is 3.30. The van der Waals surface area contributed by atoms with Crippen LogP contribution in [0.5, 0.6) is 5.75 Å². The lowest BCUT2D eigenvalue weighted by Gasteiger charge is -2.34. The van der Waals surface area contributed by atoms with Gasteiger partial charge in [0.15, 0.2) is 0 Å². The quantitative estimate of drug-likeness (QED) is 0.624. The van der Waals surface area contributed by atoms with E-state index in [2.05, 4.69) is 0 Å². The molecule has 0 aromatic heterocycles. The van der Waals surface area contributed by atoms with Crippen LogP contribution in [-0.4, -0.2) is 30.3 Å². The van der Waals surface area contributed by atoms with Crippen molar-refractivity contribution >= 4 is 11.9 Å². The lowest BCUT2D eigenvalue weighted by atomic mass is 9.71. The fraction of sp³-hybridized carbons (Fsp3) is 0.636. The van der Waals surface area contributed by atoms with Gasteiger partial charge in [0.25, 0.3) is 0 Å². The molecule has 1 aromatic rings. The number of esters is 2. The molecule has 0 bridgehead atoms. The Morgan fingerprint density at radius 2 is 1.59 bits per heavy atom. The lowest BCUT2D eigenvalue weighted by Crippen LogP contribution is -2.35. The maximum absolute atomic E-state index is 12.7. The van der Waals surface area contributed by atoms with Crippen molar-refractivity contribution in [2.75, 3.05) is 7.11 Å². The van der Waals surface area contributed by atoms with Crippen LogP contribution in [0.25, 0.3) is 0 Å². The van der Waals surface area contributed by atoms with Gasteiger partial charge in [0.1, 0.15) is 5.75 Å². The highest BCUT2D eigenvalue weighted by atomic mass is 16.5. The Kier molecular flexibility index (Phi) is 7.88. The van der Waals surface area contributed by atoms with E-state index in [0.29, 0.717) is 19.3 Å². The highest BCUT2D eigenvalue weighted by Crippen LogP contribution is 2.42. The molecule has 152 valence electrons. The van der Waals surface area contributed by atoms with Crippen LogP contribution in [-0.2, 0) is 19.1 Å². The summed E-state index contributed by atoms with van der Waals surface area (Å²) in [5.41, 5.74) is -0.394. The normalized spacial score (nSPS) is 15.1. The molecule has 5 heteroatoms. The van der Waals surface area contributed by atoms with Gasteiger partial charge in [-0.3, -0.25) is 9.59 Å². The molecule has 0 aliphatic heterocycles. The number of methoxy groups -OCH3 is 1. The van der Waals surface area contributed by atoms with Crippen LogP contribution in [0.2, 0.25) is 0 Å². The van der Waals surface area contributed by atoms with Crippen LogP contribution in [0.1, 0.15) is 72.3 Å². The second kappa shape index (κ2) is 9.25. The van der Waals surface area contributed by atoms with Gasteiger partial charge in [0.05, 0.1) is 24.0 Å². The Morgan fingerprint density at radius 1 is 1.04 bits per heavy atom. The number of rotatable bonds is 9. The number of carbonyl (C=O) groups excluding carboxylic acids is 2. The van der Waals surface area contributed by atoms with E-state index in [0.717, 1.165) is 5.56 Å². The molecular weight excluding hydrogens is 344 g/mol. The second-order valence-corrected chi connectivity index (χ2v) is 8.44. The molecule has 0 aliphatic carbocycles. The number of ether oxygens (including phenoxy) is 2. The molecule has 2 unspecified atom stereocenters. The minimum atomic E-state index is -0.700. The zero-order valence-electron chi connectivity index (χ0n) is 17.7. The molecule has 0 amide bonds. The third kappa shape index (κ3) is 6.26. The highest BCUT2D eigenvalue weighted by Gasteiger charge is 2.40. The summed E-state index contributed by atoms with van der Waals surface area (Å²) in [6.45, 7) is 11.3. The van der Waals surface area contributed by atoms with Crippen LogP contribution in [0.3, 0.4) is 0 Å². The lowest BCUT2D eigenvalue weighted by molar-refractivity contribution is -0.160. The van der Waals surface area contributed by atoms with E-state index < -0.39 is 10.8 Å². The Morgan fingerprint density at radius 3 is 2.04 bits per heavy atom. The maximum atomic E-state index is 12.7. The van der Waals surface area contributed by atoms with Crippen molar-refractivity contribution in [1.29, 1.82) is 0 Å². The Hall–Kier alpha value is -2.04. The van der Waals surface area contributed by atoms with Gasteiger partial charge < -0.3 is 14.6 Å². The third-order valence-electron chi connectivity index (χ3n) is 5.17. The van der Waals surface area contributed by atoms with Crippen LogP contribution in [0, 0.1) is 10.8 Å². The first-order valence-electron chi connectivity index (χ1n) is 9.53. The predicted molar refractivity (Wildman–Crippen MR) is 106 cm³/mol. The van der Waals surface area contributed by atoms with Crippen molar-refractivity contribution in [3.63, 3.8) is 0 Å². The zero-order chi connectivity index (χ0) is 20.8. The van der Waals surface area contributed by atoms with Gasteiger partial charge in [-0.2, -0.15) is 0 Å². The van der Waals surface area contributed by atoms with Crippen molar-refractivity contribution in [3.8, 4) is 5.75 Å². The largest absolute Gasteiger partial charge is 0.508 e. The minimum absolute atomic E-state index is 0.0654. The van der Waals surface area contributed by atoms with E-state index in [1.165, 1.54) is 7.11 Å². The minimum Gasteiger partial charge on any atom is -0.508 e. The fourth-order valence-electron chi connectivity index (χ4n) is 3.30. The molecule has 0 radical (unpaired) electrons. The number of phenols is 1. The summed E-state index contributed by atoms with van der Waals surface area (Å²) < 4.78 is 10.4. The molecule has 5 nitrogen and oxygen atoms in total. The van der Waals surface area contributed by atoms with Crippen molar-refractivity contribution in [3.05, 3.63) is 29.8 Å². The zero-order valence-corrected chi connectivity index (χ0v) is 17.7. The second-order valence-electron chi connectivity index (χ2n) is 8.44. The summed E-state index contributed by atoms with van der Waals surface area (Å²) in [7, 11) is 1.38. The van der Waals surface area contributed by atoms with Gasteiger partial charge in [-0.15, -0.1) is 0 Å². The number of phenolic OH excluding ortho intramolecular Hbond substituents is 1. The Bertz CT molecular complexity index is 633. The van der Waals surface area contributed by atoms with Crippen LogP contribution < -0.4 is 0 Å². The van der Waals surface area contributed by atoms with E-state index in [1.807, 2.05) is 53.7 Å². The molecule has 0 aliphatic rings. The average molecular weight is 379 g/mol. The molecule has 0 heterocycles. The smallest absolute Gasteiger partial charge is 0.312 e. The van der Waals surface area contributed by atoms with Gasteiger partial charge in [0, 0.05) is 0 Å². The molecule has 0 spiro atoms. The average Bonchev–Trinajstić information content (AvgIpc) is 2.60. The molecule has 2 atom stereocenters. The molecule has 0 fully saturated rings. The third-order valence-corrected chi connectivity index (χ3v) is 5.17. The predicted octanol–water partition coefficient (Wildman–Crippen LogP) is 4.82. The highest BCUT2D eigenvalue weighted by molar-refractivity contribution is 5.77. The molecule has 27 heavy (non-hydrogen) atoms. The van der Waals surface area contributed by atoms with E-state index in [9.17, 15) is 14.7 Å². The van der Waals surface area contributed by atoms with Crippen molar-refractivity contribution < 1.29 is 24.2 Å². The summed E-state index contributed by atoms with van der Waals surface area (Å²) in [6, 6.07) is 6.95. The van der Waals surface area contributed by atoms with Gasteiger partial charge in [0.2, 0.25) is 0 Å². The first-order chi connectivity index (χ1) is 12.4. The summed E-state index contributed by atoms with van der Waals surface area (Å²) >= 11 is 0. The monoisotopic (exact) mass is 378 g/mol. The summed E-state index contributed by atoms with van der Waals surface area (Å²) in [5, 5.41) is 9.62. The Labute approximate surface area is 163 Å². The molecular formula is C22H34O5. The topological polar surface area (TPSA) is 72.8 Å². The SMILES string of the molecule is CCC(C)(CC(CC(C)(C)C(=O)OC)c1ccc(O)cc1)C(=O)OC(C)C.